The maximum Gasteiger partial charge on any atom is 0.242 e. The Morgan fingerprint density at radius 1 is 1.38 bits per heavy atom. The lowest BCUT2D eigenvalue weighted by Crippen LogP contribution is -2.22. The second-order valence-electron chi connectivity index (χ2n) is 4.91. The van der Waals surface area contributed by atoms with Crippen molar-refractivity contribution < 1.29 is 8.42 Å². The minimum absolute atomic E-state index is 0.202. The third-order valence-electron chi connectivity index (χ3n) is 3.21. The smallest absolute Gasteiger partial charge is 0.242 e. The summed E-state index contributed by atoms with van der Waals surface area (Å²) >= 11 is 0. The van der Waals surface area contributed by atoms with Crippen LogP contribution in [0.2, 0.25) is 0 Å². The van der Waals surface area contributed by atoms with Crippen LogP contribution in [0.1, 0.15) is 11.3 Å². The summed E-state index contributed by atoms with van der Waals surface area (Å²) < 4.78 is 25.4. The third kappa shape index (κ3) is 3.17. The standard InChI is InChI=1S/C13H19N5O2S/c1-9-10(8-16-17-9)7-15-13-6-11(4-5-12(13)14)21(19,20)18(2)3/h4-6,8,15H,7,14H2,1-3H3,(H,16,17). The number of hydrogen-bond donors (Lipinski definition) is 3. The molecule has 0 amide bonds. The molecule has 2 rings (SSSR count). The highest BCUT2D eigenvalue weighted by Gasteiger charge is 2.18. The lowest BCUT2D eigenvalue weighted by atomic mass is 10.2. The lowest BCUT2D eigenvalue weighted by molar-refractivity contribution is 0.521. The zero-order valence-electron chi connectivity index (χ0n) is 12.2. The molecular weight excluding hydrogens is 290 g/mol. The average Bonchev–Trinajstić information content (AvgIpc) is 2.83. The van der Waals surface area contributed by atoms with Crippen LogP contribution in [-0.4, -0.2) is 37.0 Å². The van der Waals surface area contributed by atoms with Crippen molar-refractivity contribution in [1.82, 2.24) is 14.5 Å². The number of nitrogens with one attached hydrogen (secondary N) is 2. The van der Waals surface area contributed by atoms with Gasteiger partial charge in [-0.3, -0.25) is 5.10 Å². The predicted molar refractivity (Wildman–Crippen MR) is 82.4 cm³/mol. The summed E-state index contributed by atoms with van der Waals surface area (Å²) in [7, 11) is -0.490. The molecule has 0 aliphatic rings. The Balaban J connectivity index is 2.26. The monoisotopic (exact) mass is 309 g/mol. The van der Waals surface area contributed by atoms with E-state index < -0.39 is 10.0 Å². The number of hydrogen-bond acceptors (Lipinski definition) is 5. The quantitative estimate of drug-likeness (QED) is 0.719. The van der Waals surface area contributed by atoms with Gasteiger partial charge in [-0.05, 0) is 25.1 Å². The third-order valence-corrected chi connectivity index (χ3v) is 5.02. The van der Waals surface area contributed by atoms with Gasteiger partial charge in [0.1, 0.15) is 0 Å². The highest BCUT2D eigenvalue weighted by molar-refractivity contribution is 7.89. The lowest BCUT2D eigenvalue weighted by Gasteiger charge is -2.14. The zero-order chi connectivity index (χ0) is 15.6. The number of nitrogen functional groups attached to an aromatic ring is 1. The Hall–Kier alpha value is -2.06. The van der Waals surface area contributed by atoms with Gasteiger partial charge in [0.25, 0.3) is 0 Å². The molecule has 0 spiro atoms. The number of H-pyrrole nitrogens is 1. The number of aromatic nitrogens is 2. The van der Waals surface area contributed by atoms with Gasteiger partial charge in [0.05, 0.1) is 22.5 Å². The molecule has 0 fully saturated rings. The van der Waals surface area contributed by atoms with Gasteiger partial charge in [0.15, 0.2) is 0 Å². The second kappa shape index (κ2) is 5.74. The Bertz CT molecular complexity index is 737. The van der Waals surface area contributed by atoms with Crippen LogP contribution in [0.15, 0.2) is 29.3 Å². The molecule has 2 aromatic rings. The number of rotatable bonds is 5. The van der Waals surface area contributed by atoms with Gasteiger partial charge in [0, 0.05) is 31.9 Å². The summed E-state index contributed by atoms with van der Waals surface area (Å²) in [6.07, 6.45) is 1.72. The summed E-state index contributed by atoms with van der Waals surface area (Å²) in [4.78, 5) is 0.202. The van der Waals surface area contributed by atoms with Crippen LogP contribution in [-0.2, 0) is 16.6 Å². The second-order valence-corrected chi connectivity index (χ2v) is 7.06. The number of sulfonamides is 1. The van der Waals surface area contributed by atoms with Gasteiger partial charge in [-0.25, -0.2) is 12.7 Å². The first-order valence-corrected chi connectivity index (χ1v) is 7.81. The first-order chi connectivity index (χ1) is 9.82. The molecule has 0 saturated carbocycles. The van der Waals surface area contributed by atoms with Crippen LogP contribution in [0.25, 0.3) is 0 Å². The maximum atomic E-state index is 12.1. The van der Waals surface area contributed by atoms with Gasteiger partial charge in [-0.1, -0.05) is 0 Å². The summed E-state index contributed by atoms with van der Waals surface area (Å²) in [5, 5.41) is 9.92. The fourth-order valence-corrected chi connectivity index (χ4v) is 2.73. The van der Waals surface area contributed by atoms with Crippen molar-refractivity contribution in [2.75, 3.05) is 25.1 Å². The molecule has 4 N–H and O–H groups in total. The molecule has 114 valence electrons. The van der Waals surface area contributed by atoms with E-state index in [1.165, 1.54) is 24.5 Å². The molecule has 0 atom stereocenters. The van der Waals surface area contributed by atoms with Crippen LogP contribution in [0.5, 0.6) is 0 Å². The Kier molecular flexibility index (Phi) is 4.19. The summed E-state index contributed by atoms with van der Waals surface area (Å²) in [5.41, 5.74) is 8.92. The molecule has 0 radical (unpaired) electrons. The highest BCUT2D eigenvalue weighted by Crippen LogP contribution is 2.24. The van der Waals surface area contributed by atoms with E-state index in [2.05, 4.69) is 15.5 Å². The van der Waals surface area contributed by atoms with E-state index in [0.717, 1.165) is 11.3 Å². The molecule has 0 aliphatic carbocycles. The number of nitrogens with two attached hydrogens (primary N) is 1. The van der Waals surface area contributed by atoms with Gasteiger partial charge in [-0.15, -0.1) is 0 Å². The van der Waals surface area contributed by atoms with E-state index in [-0.39, 0.29) is 4.90 Å². The first kappa shape index (κ1) is 15.3. The summed E-state index contributed by atoms with van der Waals surface area (Å²) in [6.45, 7) is 2.43. The van der Waals surface area contributed by atoms with Crippen molar-refractivity contribution in [3.63, 3.8) is 0 Å². The number of nitrogens with zero attached hydrogens (tertiary/aromatic N) is 2. The van der Waals surface area contributed by atoms with Crippen LogP contribution >= 0.6 is 0 Å². The summed E-state index contributed by atoms with van der Waals surface area (Å²) in [5.74, 6) is 0. The van der Waals surface area contributed by atoms with Crippen LogP contribution in [0.4, 0.5) is 11.4 Å². The Morgan fingerprint density at radius 3 is 2.67 bits per heavy atom. The van der Waals surface area contributed by atoms with Crippen LogP contribution < -0.4 is 11.1 Å². The molecule has 21 heavy (non-hydrogen) atoms. The van der Waals surface area contributed by atoms with Crippen molar-refractivity contribution in [3.05, 3.63) is 35.7 Å². The van der Waals surface area contributed by atoms with Gasteiger partial charge >= 0.3 is 0 Å². The van der Waals surface area contributed by atoms with Gasteiger partial charge in [0.2, 0.25) is 10.0 Å². The van der Waals surface area contributed by atoms with Gasteiger partial charge in [-0.2, -0.15) is 5.10 Å². The topological polar surface area (TPSA) is 104 Å². The van der Waals surface area contributed by atoms with E-state index >= 15 is 0 Å². The molecule has 7 nitrogen and oxygen atoms in total. The molecule has 0 bridgehead atoms. The van der Waals surface area contributed by atoms with E-state index in [4.69, 9.17) is 5.73 Å². The summed E-state index contributed by atoms with van der Waals surface area (Å²) in [6, 6.07) is 4.62. The van der Waals surface area contributed by atoms with Crippen molar-refractivity contribution in [2.45, 2.75) is 18.4 Å². The molecular formula is C13H19N5O2S. The maximum absolute atomic E-state index is 12.1. The molecule has 0 saturated heterocycles. The number of benzene rings is 1. The molecule has 1 aromatic heterocycles. The van der Waals surface area contributed by atoms with E-state index in [9.17, 15) is 8.42 Å². The highest BCUT2D eigenvalue weighted by atomic mass is 32.2. The minimum atomic E-state index is -3.48. The normalized spacial score (nSPS) is 11.8. The fraction of sp³-hybridized carbons (Fsp3) is 0.308. The number of anilines is 2. The van der Waals surface area contributed by atoms with Crippen molar-refractivity contribution in [2.24, 2.45) is 0 Å². The molecule has 8 heteroatoms. The Labute approximate surface area is 124 Å². The van der Waals surface area contributed by atoms with Crippen molar-refractivity contribution in [1.29, 1.82) is 0 Å². The van der Waals surface area contributed by atoms with Crippen molar-refractivity contribution in [3.8, 4) is 0 Å². The fourth-order valence-electron chi connectivity index (χ4n) is 1.80. The SMILES string of the molecule is Cc1[nH]ncc1CNc1cc(S(=O)(=O)N(C)C)ccc1N. The van der Waals surface area contributed by atoms with E-state index in [0.29, 0.717) is 17.9 Å². The van der Waals surface area contributed by atoms with E-state index in [1.54, 1.807) is 18.3 Å². The Morgan fingerprint density at radius 2 is 2.10 bits per heavy atom. The number of aromatic amines is 1. The molecule has 1 heterocycles. The molecule has 1 aromatic carbocycles. The predicted octanol–water partition coefficient (Wildman–Crippen LogP) is 1.16. The zero-order valence-corrected chi connectivity index (χ0v) is 13.0. The van der Waals surface area contributed by atoms with Crippen LogP contribution in [0.3, 0.4) is 0 Å². The van der Waals surface area contributed by atoms with Crippen molar-refractivity contribution >= 4 is 21.4 Å². The van der Waals surface area contributed by atoms with Gasteiger partial charge < -0.3 is 11.1 Å². The molecule has 0 aliphatic heterocycles. The average molecular weight is 309 g/mol. The molecule has 0 unspecified atom stereocenters. The first-order valence-electron chi connectivity index (χ1n) is 6.37. The largest absolute Gasteiger partial charge is 0.397 e. The van der Waals surface area contributed by atoms with E-state index in [1.807, 2.05) is 6.92 Å². The minimum Gasteiger partial charge on any atom is -0.397 e. The van der Waals surface area contributed by atoms with Crippen LogP contribution in [0, 0.1) is 6.92 Å². The number of aryl methyl sites for hydroxylation is 1.